The fourth-order valence-electron chi connectivity index (χ4n) is 4.19. The van der Waals surface area contributed by atoms with Crippen molar-refractivity contribution in [2.45, 2.75) is 19.9 Å². The van der Waals surface area contributed by atoms with Crippen LogP contribution in [0.5, 0.6) is 0 Å². The molecule has 0 saturated carbocycles. The van der Waals surface area contributed by atoms with E-state index in [1.807, 2.05) is 58.1 Å². The Hall–Kier alpha value is -3.45. The minimum atomic E-state index is 0.00611. The van der Waals surface area contributed by atoms with Crippen LogP contribution in [-0.2, 0) is 0 Å². The largest absolute Gasteiger partial charge is 0.353 e. The third kappa shape index (κ3) is 4.16. The summed E-state index contributed by atoms with van der Waals surface area (Å²) in [4.78, 5) is 27.0. The summed E-state index contributed by atoms with van der Waals surface area (Å²) in [6.45, 7) is 6.79. The molecule has 1 aromatic carbocycles. The van der Waals surface area contributed by atoms with Crippen molar-refractivity contribution in [2.75, 3.05) is 31.1 Å². The molecule has 1 amide bonds. The summed E-state index contributed by atoms with van der Waals surface area (Å²) in [5, 5.41) is 5.94. The van der Waals surface area contributed by atoms with Crippen LogP contribution in [0.1, 0.15) is 30.2 Å². The lowest BCUT2D eigenvalue weighted by Crippen LogP contribution is -2.49. The Morgan fingerprint density at radius 2 is 1.76 bits per heavy atom. The molecule has 0 bridgehead atoms. The molecular weight excluding hydrogens is 436 g/mol. The third-order valence-corrected chi connectivity index (χ3v) is 6.18. The van der Waals surface area contributed by atoms with Gasteiger partial charge < -0.3 is 9.80 Å². The van der Waals surface area contributed by atoms with E-state index in [0.717, 1.165) is 28.1 Å². The first kappa shape index (κ1) is 21.4. The Bertz CT molecular complexity index is 1280. The standard InChI is InChI=1S/C25H25ClN6O/c1-17(2)32-24-21(16-28-32)20(14-22(29-24)18-6-4-3-5-7-18)25(33)31-12-10-30(11-13-31)23-9-8-19(26)15-27-23/h3-9,14-17H,10-13H2,1-2H3. The number of hydrogen-bond donors (Lipinski definition) is 0. The fraction of sp³-hybridized carbons (Fsp3) is 0.280. The molecule has 1 saturated heterocycles. The van der Waals surface area contributed by atoms with Crippen molar-refractivity contribution in [3.8, 4) is 11.3 Å². The second-order valence-electron chi connectivity index (χ2n) is 8.46. The highest BCUT2D eigenvalue weighted by Gasteiger charge is 2.26. The Balaban J connectivity index is 1.46. The molecule has 0 radical (unpaired) electrons. The van der Waals surface area contributed by atoms with Crippen LogP contribution >= 0.6 is 11.6 Å². The van der Waals surface area contributed by atoms with Gasteiger partial charge in [-0.2, -0.15) is 5.10 Å². The van der Waals surface area contributed by atoms with Crippen LogP contribution in [0.4, 0.5) is 5.82 Å². The molecule has 4 heterocycles. The molecule has 168 valence electrons. The van der Waals surface area contributed by atoms with Crippen molar-refractivity contribution in [3.05, 3.63) is 71.5 Å². The van der Waals surface area contributed by atoms with Crippen LogP contribution in [0, 0.1) is 0 Å². The maximum absolute atomic E-state index is 13.7. The molecule has 1 aliphatic rings. The van der Waals surface area contributed by atoms with E-state index >= 15 is 0 Å². The minimum Gasteiger partial charge on any atom is -0.353 e. The van der Waals surface area contributed by atoms with Crippen LogP contribution in [-0.4, -0.2) is 56.7 Å². The molecule has 33 heavy (non-hydrogen) atoms. The van der Waals surface area contributed by atoms with Gasteiger partial charge in [0.2, 0.25) is 0 Å². The number of benzene rings is 1. The summed E-state index contributed by atoms with van der Waals surface area (Å²) in [6, 6.07) is 15.7. The normalized spacial score (nSPS) is 14.3. The molecular formula is C25H25ClN6O. The van der Waals surface area contributed by atoms with Gasteiger partial charge in [-0.15, -0.1) is 0 Å². The molecule has 8 heteroatoms. The first-order valence-corrected chi connectivity index (χ1v) is 11.5. The predicted molar refractivity (Wildman–Crippen MR) is 131 cm³/mol. The van der Waals surface area contributed by atoms with E-state index in [-0.39, 0.29) is 11.9 Å². The Kier molecular flexibility index (Phi) is 5.72. The zero-order valence-corrected chi connectivity index (χ0v) is 19.4. The number of carbonyl (C=O) groups excluding carboxylic acids is 1. The zero-order chi connectivity index (χ0) is 22.9. The number of amides is 1. The first-order chi connectivity index (χ1) is 16.0. The minimum absolute atomic E-state index is 0.00611. The number of nitrogens with zero attached hydrogens (tertiary/aromatic N) is 6. The Morgan fingerprint density at radius 3 is 2.42 bits per heavy atom. The Labute approximate surface area is 197 Å². The molecule has 0 spiro atoms. The van der Waals surface area contributed by atoms with E-state index in [1.54, 1.807) is 12.4 Å². The summed E-state index contributed by atoms with van der Waals surface area (Å²) < 4.78 is 1.88. The first-order valence-electron chi connectivity index (χ1n) is 11.1. The second-order valence-corrected chi connectivity index (χ2v) is 8.89. The van der Waals surface area contributed by atoms with Gasteiger partial charge in [0, 0.05) is 44.0 Å². The van der Waals surface area contributed by atoms with Gasteiger partial charge in [-0.1, -0.05) is 41.9 Å². The van der Waals surface area contributed by atoms with Crippen molar-refractivity contribution in [1.82, 2.24) is 24.6 Å². The zero-order valence-electron chi connectivity index (χ0n) is 18.6. The SMILES string of the molecule is CC(C)n1ncc2c(C(=O)N3CCN(c4ccc(Cl)cn4)CC3)cc(-c3ccccc3)nc21. The molecule has 0 atom stereocenters. The molecule has 0 N–H and O–H groups in total. The van der Waals surface area contributed by atoms with Crippen molar-refractivity contribution in [3.63, 3.8) is 0 Å². The van der Waals surface area contributed by atoms with Crippen LogP contribution in [0.25, 0.3) is 22.3 Å². The predicted octanol–water partition coefficient (Wildman–Crippen LogP) is 4.69. The van der Waals surface area contributed by atoms with Crippen molar-refractivity contribution in [2.24, 2.45) is 0 Å². The summed E-state index contributed by atoms with van der Waals surface area (Å²) in [5.41, 5.74) is 3.13. The van der Waals surface area contributed by atoms with Crippen molar-refractivity contribution >= 4 is 34.4 Å². The van der Waals surface area contributed by atoms with Gasteiger partial charge in [0.1, 0.15) is 5.82 Å². The smallest absolute Gasteiger partial charge is 0.254 e. The maximum Gasteiger partial charge on any atom is 0.254 e. The molecule has 1 aliphatic heterocycles. The topological polar surface area (TPSA) is 67.2 Å². The average Bonchev–Trinajstić information content (AvgIpc) is 3.29. The third-order valence-electron chi connectivity index (χ3n) is 5.96. The number of hydrogen-bond acceptors (Lipinski definition) is 5. The van der Waals surface area contributed by atoms with E-state index in [9.17, 15) is 4.79 Å². The average molecular weight is 461 g/mol. The number of pyridine rings is 2. The summed E-state index contributed by atoms with van der Waals surface area (Å²) >= 11 is 5.96. The summed E-state index contributed by atoms with van der Waals surface area (Å²) in [7, 11) is 0. The van der Waals surface area contributed by atoms with Gasteiger partial charge in [-0.3, -0.25) is 4.79 Å². The summed E-state index contributed by atoms with van der Waals surface area (Å²) in [6.07, 6.45) is 3.41. The molecule has 7 nitrogen and oxygen atoms in total. The highest BCUT2D eigenvalue weighted by molar-refractivity contribution is 6.30. The van der Waals surface area contributed by atoms with E-state index < -0.39 is 0 Å². The second kappa shape index (κ2) is 8.83. The maximum atomic E-state index is 13.7. The molecule has 1 fully saturated rings. The highest BCUT2D eigenvalue weighted by Crippen LogP contribution is 2.28. The van der Waals surface area contributed by atoms with Gasteiger partial charge in [0.25, 0.3) is 5.91 Å². The van der Waals surface area contributed by atoms with Crippen LogP contribution in [0.15, 0.2) is 60.9 Å². The molecule has 0 unspecified atom stereocenters. The lowest BCUT2D eigenvalue weighted by Gasteiger charge is -2.35. The van der Waals surface area contributed by atoms with Crippen LogP contribution in [0.2, 0.25) is 5.02 Å². The Morgan fingerprint density at radius 1 is 1.00 bits per heavy atom. The lowest BCUT2D eigenvalue weighted by molar-refractivity contribution is 0.0748. The van der Waals surface area contributed by atoms with Gasteiger partial charge in [-0.25, -0.2) is 14.6 Å². The number of halogens is 1. The van der Waals surface area contributed by atoms with E-state index in [1.165, 1.54) is 0 Å². The number of rotatable bonds is 4. The van der Waals surface area contributed by atoms with E-state index in [4.69, 9.17) is 16.6 Å². The lowest BCUT2D eigenvalue weighted by atomic mass is 10.1. The van der Waals surface area contributed by atoms with Gasteiger partial charge in [-0.05, 0) is 32.0 Å². The number of carbonyl (C=O) groups is 1. The van der Waals surface area contributed by atoms with Crippen molar-refractivity contribution in [1.29, 1.82) is 0 Å². The monoisotopic (exact) mass is 460 g/mol. The molecule has 4 aromatic rings. The number of anilines is 1. The fourth-order valence-corrected chi connectivity index (χ4v) is 4.31. The van der Waals surface area contributed by atoms with Gasteiger partial charge >= 0.3 is 0 Å². The van der Waals surface area contributed by atoms with E-state index in [2.05, 4.69) is 28.8 Å². The molecule has 5 rings (SSSR count). The molecule has 3 aromatic heterocycles. The van der Waals surface area contributed by atoms with Crippen LogP contribution < -0.4 is 4.90 Å². The van der Waals surface area contributed by atoms with Crippen LogP contribution in [0.3, 0.4) is 0 Å². The number of fused-ring (bicyclic) bond motifs is 1. The number of aromatic nitrogens is 4. The summed E-state index contributed by atoms with van der Waals surface area (Å²) in [5.74, 6) is 0.883. The molecule has 0 aliphatic carbocycles. The van der Waals surface area contributed by atoms with E-state index in [0.29, 0.717) is 36.8 Å². The quantitative estimate of drug-likeness (QED) is 0.442. The highest BCUT2D eigenvalue weighted by atomic mass is 35.5. The van der Waals surface area contributed by atoms with Crippen molar-refractivity contribution < 1.29 is 4.79 Å². The van der Waals surface area contributed by atoms with Gasteiger partial charge in [0.15, 0.2) is 5.65 Å². The number of piperazine rings is 1. The van der Waals surface area contributed by atoms with Gasteiger partial charge in [0.05, 0.1) is 27.9 Å².